The summed E-state index contributed by atoms with van der Waals surface area (Å²) >= 11 is 1.08. The molecule has 2 aromatic rings. The summed E-state index contributed by atoms with van der Waals surface area (Å²) in [5, 5.41) is 9.34. The standard InChI is InChI=1S/C15H15F3OS/c1-3-10-4-6-11(7-5-10)14-12(8-19)13(9(2)20-14)15(16,17)18/h4-7,19H,3,8H2,1-2H3. The Balaban J connectivity index is 2.57. The molecule has 20 heavy (non-hydrogen) atoms. The molecular formula is C15H15F3OS. The van der Waals surface area contributed by atoms with E-state index in [-0.39, 0.29) is 10.4 Å². The van der Waals surface area contributed by atoms with Crippen molar-refractivity contribution in [2.45, 2.75) is 33.1 Å². The molecule has 1 heterocycles. The Morgan fingerprint density at radius 1 is 1.15 bits per heavy atom. The van der Waals surface area contributed by atoms with Gasteiger partial charge in [0.2, 0.25) is 0 Å². The van der Waals surface area contributed by atoms with E-state index in [0.29, 0.717) is 4.88 Å². The SMILES string of the molecule is CCc1ccc(-c2sc(C)c(C(F)(F)F)c2CO)cc1. The third-order valence-corrected chi connectivity index (χ3v) is 4.45. The maximum absolute atomic E-state index is 13.0. The van der Waals surface area contributed by atoms with Gasteiger partial charge in [-0.25, -0.2) is 0 Å². The van der Waals surface area contributed by atoms with E-state index >= 15 is 0 Å². The maximum Gasteiger partial charge on any atom is 0.417 e. The van der Waals surface area contributed by atoms with Gasteiger partial charge in [0.15, 0.2) is 0 Å². The van der Waals surface area contributed by atoms with Crippen LogP contribution in [0.3, 0.4) is 0 Å². The number of aliphatic hydroxyl groups excluding tert-OH is 1. The van der Waals surface area contributed by atoms with Crippen molar-refractivity contribution >= 4 is 11.3 Å². The molecule has 1 N–H and O–H groups in total. The summed E-state index contributed by atoms with van der Waals surface area (Å²) in [7, 11) is 0. The molecule has 1 aromatic carbocycles. The molecule has 0 spiro atoms. The van der Waals surface area contributed by atoms with Crippen LogP contribution in [0, 0.1) is 6.92 Å². The predicted molar refractivity (Wildman–Crippen MR) is 74.8 cm³/mol. The number of benzene rings is 1. The summed E-state index contributed by atoms with van der Waals surface area (Å²) in [5.74, 6) is 0. The van der Waals surface area contributed by atoms with Gasteiger partial charge in [-0.05, 0) is 24.5 Å². The van der Waals surface area contributed by atoms with Gasteiger partial charge in [0.05, 0.1) is 12.2 Å². The monoisotopic (exact) mass is 300 g/mol. The van der Waals surface area contributed by atoms with E-state index in [4.69, 9.17) is 0 Å². The third kappa shape index (κ3) is 2.74. The van der Waals surface area contributed by atoms with Crippen molar-refractivity contribution in [1.29, 1.82) is 0 Å². The Morgan fingerprint density at radius 2 is 1.75 bits per heavy atom. The van der Waals surface area contributed by atoms with E-state index < -0.39 is 18.3 Å². The Bertz CT molecular complexity index is 597. The van der Waals surface area contributed by atoms with Crippen LogP contribution in [0.4, 0.5) is 13.2 Å². The fourth-order valence-electron chi connectivity index (χ4n) is 2.24. The lowest BCUT2D eigenvalue weighted by Gasteiger charge is -2.09. The van der Waals surface area contributed by atoms with E-state index in [1.54, 1.807) is 0 Å². The topological polar surface area (TPSA) is 20.2 Å². The summed E-state index contributed by atoms with van der Waals surface area (Å²) < 4.78 is 39.1. The number of thiophene rings is 1. The highest BCUT2D eigenvalue weighted by atomic mass is 32.1. The molecule has 0 saturated carbocycles. The molecule has 0 saturated heterocycles. The van der Waals surface area contributed by atoms with Crippen molar-refractivity contribution in [1.82, 2.24) is 0 Å². The van der Waals surface area contributed by atoms with Crippen LogP contribution in [0.15, 0.2) is 24.3 Å². The van der Waals surface area contributed by atoms with Gasteiger partial charge in [-0.2, -0.15) is 13.2 Å². The molecule has 5 heteroatoms. The molecule has 1 aromatic heterocycles. The van der Waals surface area contributed by atoms with Crippen LogP contribution >= 0.6 is 11.3 Å². The Morgan fingerprint density at radius 3 is 2.20 bits per heavy atom. The summed E-state index contributed by atoms with van der Waals surface area (Å²) in [4.78, 5) is 0.691. The summed E-state index contributed by atoms with van der Waals surface area (Å²) in [6.07, 6.45) is -3.55. The molecule has 108 valence electrons. The third-order valence-electron chi connectivity index (χ3n) is 3.25. The minimum absolute atomic E-state index is 0.0238. The first kappa shape index (κ1) is 15.1. The normalized spacial score (nSPS) is 11.9. The molecule has 0 fully saturated rings. The van der Waals surface area contributed by atoms with Gasteiger partial charge in [0, 0.05) is 15.3 Å². The molecule has 0 aliphatic rings. The molecule has 2 rings (SSSR count). The largest absolute Gasteiger partial charge is 0.417 e. The lowest BCUT2D eigenvalue weighted by molar-refractivity contribution is -0.138. The Hall–Kier alpha value is -1.33. The van der Waals surface area contributed by atoms with Crippen LogP contribution in [-0.4, -0.2) is 5.11 Å². The number of alkyl halides is 3. The zero-order chi connectivity index (χ0) is 14.9. The van der Waals surface area contributed by atoms with Gasteiger partial charge in [0.1, 0.15) is 0 Å². The summed E-state index contributed by atoms with van der Waals surface area (Å²) in [5.41, 5.74) is 1.13. The van der Waals surface area contributed by atoms with Gasteiger partial charge in [-0.3, -0.25) is 0 Å². The average molecular weight is 300 g/mol. The smallest absolute Gasteiger partial charge is 0.392 e. The number of hydrogen-bond acceptors (Lipinski definition) is 2. The fraction of sp³-hybridized carbons (Fsp3) is 0.333. The number of hydrogen-bond donors (Lipinski definition) is 1. The second-order valence-electron chi connectivity index (χ2n) is 4.55. The Kier molecular flexibility index (Phi) is 4.20. The molecule has 1 nitrogen and oxygen atoms in total. The van der Waals surface area contributed by atoms with Crippen LogP contribution in [0.25, 0.3) is 10.4 Å². The highest BCUT2D eigenvalue weighted by Gasteiger charge is 2.37. The number of halogens is 3. The van der Waals surface area contributed by atoms with E-state index in [0.717, 1.165) is 28.9 Å². The first-order valence-electron chi connectivity index (χ1n) is 6.28. The minimum Gasteiger partial charge on any atom is -0.392 e. The molecule has 0 unspecified atom stereocenters. The van der Waals surface area contributed by atoms with Crippen LogP contribution in [0.2, 0.25) is 0 Å². The van der Waals surface area contributed by atoms with Gasteiger partial charge >= 0.3 is 6.18 Å². The fourth-order valence-corrected chi connectivity index (χ4v) is 3.43. The van der Waals surface area contributed by atoms with Crippen molar-refractivity contribution < 1.29 is 18.3 Å². The van der Waals surface area contributed by atoms with E-state index in [2.05, 4.69) is 0 Å². The zero-order valence-corrected chi connectivity index (χ0v) is 12.0. The van der Waals surface area contributed by atoms with Gasteiger partial charge in [0.25, 0.3) is 0 Å². The van der Waals surface area contributed by atoms with Crippen LogP contribution in [-0.2, 0) is 19.2 Å². The number of aryl methyl sites for hydroxylation is 2. The average Bonchev–Trinajstić information content (AvgIpc) is 2.75. The highest BCUT2D eigenvalue weighted by Crippen LogP contribution is 2.44. The molecule has 0 aliphatic heterocycles. The second kappa shape index (κ2) is 5.58. The van der Waals surface area contributed by atoms with Gasteiger partial charge in [-0.15, -0.1) is 11.3 Å². The second-order valence-corrected chi connectivity index (χ2v) is 5.77. The maximum atomic E-state index is 13.0. The van der Waals surface area contributed by atoms with Crippen LogP contribution in [0.5, 0.6) is 0 Å². The zero-order valence-electron chi connectivity index (χ0n) is 11.2. The van der Waals surface area contributed by atoms with E-state index in [1.165, 1.54) is 6.92 Å². The van der Waals surface area contributed by atoms with Crippen LogP contribution < -0.4 is 0 Å². The van der Waals surface area contributed by atoms with Crippen LogP contribution in [0.1, 0.15) is 28.5 Å². The van der Waals surface area contributed by atoms with Crippen molar-refractivity contribution in [2.75, 3.05) is 0 Å². The van der Waals surface area contributed by atoms with Crippen molar-refractivity contribution in [2.24, 2.45) is 0 Å². The quantitative estimate of drug-likeness (QED) is 0.863. The molecule has 0 atom stereocenters. The molecule has 0 radical (unpaired) electrons. The molecule has 0 amide bonds. The van der Waals surface area contributed by atoms with Crippen molar-refractivity contribution in [3.05, 3.63) is 45.8 Å². The lowest BCUT2D eigenvalue weighted by Crippen LogP contribution is -2.08. The highest BCUT2D eigenvalue weighted by molar-refractivity contribution is 7.15. The predicted octanol–water partition coefficient (Wildman–Crippen LogP) is 4.80. The Labute approximate surface area is 119 Å². The number of aliphatic hydroxyl groups is 1. The van der Waals surface area contributed by atoms with Gasteiger partial charge < -0.3 is 5.11 Å². The first-order chi connectivity index (χ1) is 9.38. The van der Waals surface area contributed by atoms with Crippen molar-refractivity contribution in [3.63, 3.8) is 0 Å². The van der Waals surface area contributed by atoms with E-state index in [1.807, 2.05) is 31.2 Å². The molecule has 0 aliphatic carbocycles. The molecular weight excluding hydrogens is 285 g/mol. The molecule has 0 bridgehead atoms. The van der Waals surface area contributed by atoms with E-state index in [9.17, 15) is 18.3 Å². The minimum atomic E-state index is -4.43. The summed E-state index contributed by atoms with van der Waals surface area (Å²) in [6.45, 7) is 2.85. The van der Waals surface area contributed by atoms with Crippen molar-refractivity contribution in [3.8, 4) is 10.4 Å². The lowest BCUT2D eigenvalue weighted by atomic mass is 10.0. The number of rotatable bonds is 3. The summed E-state index contributed by atoms with van der Waals surface area (Å²) in [6, 6.07) is 7.42. The first-order valence-corrected chi connectivity index (χ1v) is 7.09. The van der Waals surface area contributed by atoms with Gasteiger partial charge in [-0.1, -0.05) is 31.2 Å².